The Morgan fingerprint density at radius 1 is 1.32 bits per heavy atom. The van der Waals surface area contributed by atoms with Crippen LogP contribution in [0.5, 0.6) is 5.75 Å². The first-order chi connectivity index (χ1) is 16.6. The van der Waals surface area contributed by atoms with Crippen LogP contribution in [0.2, 0.25) is 5.02 Å². The molecule has 4 rings (SSSR count). The number of aliphatic hydroxyl groups is 2. The average molecular weight is 506 g/mol. The number of benzene rings is 1. The molecular weight excluding hydrogens is 486 g/mol. The first-order valence-electron chi connectivity index (χ1n) is 10.9. The van der Waals surface area contributed by atoms with Crippen LogP contribution in [0, 0.1) is 12.7 Å². The van der Waals surface area contributed by atoms with Gasteiger partial charge in [0, 0.05) is 12.2 Å². The lowest BCUT2D eigenvalue weighted by Gasteiger charge is -2.31. The van der Waals surface area contributed by atoms with Crippen LogP contribution in [-0.2, 0) is 15.8 Å². The summed E-state index contributed by atoms with van der Waals surface area (Å²) in [7, 11) is 0. The number of aromatic nitrogens is 1. The number of alkyl halides is 3. The lowest BCUT2D eigenvalue weighted by Crippen LogP contribution is -2.51. The first-order valence-corrected chi connectivity index (χ1v) is 10.2. The van der Waals surface area contributed by atoms with E-state index < -0.39 is 83.7 Å². The minimum absolute atomic E-state index is 0.154. The number of pyridine rings is 1. The zero-order chi connectivity index (χ0) is 26.7. The van der Waals surface area contributed by atoms with E-state index in [1.54, 1.807) is 0 Å². The third kappa shape index (κ3) is 4.05. The van der Waals surface area contributed by atoms with Gasteiger partial charge in [0.2, 0.25) is 0 Å². The van der Waals surface area contributed by atoms with Crippen molar-refractivity contribution in [2.45, 2.75) is 37.8 Å². The van der Waals surface area contributed by atoms with E-state index in [0.29, 0.717) is 11.0 Å². The highest BCUT2D eigenvalue weighted by molar-refractivity contribution is 6.33. The van der Waals surface area contributed by atoms with Gasteiger partial charge in [-0.2, -0.15) is 13.2 Å². The van der Waals surface area contributed by atoms with Gasteiger partial charge < -0.3 is 19.8 Å². The van der Waals surface area contributed by atoms with Crippen LogP contribution in [0.15, 0.2) is 24.3 Å². The predicted octanol–water partition coefficient (Wildman–Crippen LogP) is 2.45. The second kappa shape index (κ2) is 8.67. The molecule has 3 atom stereocenters. The molecule has 0 unspecified atom stereocenters. The normalized spacial score (nSPS) is 25.3. The molecule has 2 aliphatic rings. The Hall–Kier alpha value is -2.96. The predicted molar refractivity (Wildman–Crippen MR) is 111 cm³/mol. The van der Waals surface area contributed by atoms with Gasteiger partial charge in [-0.25, -0.2) is 9.37 Å². The number of ether oxygens (including phenoxy) is 1. The molecule has 1 fully saturated rings. The van der Waals surface area contributed by atoms with E-state index in [9.17, 15) is 37.4 Å². The molecule has 2 N–H and O–H groups in total. The zero-order valence-electron chi connectivity index (χ0n) is 19.3. The third-order valence-corrected chi connectivity index (χ3v) is 5.73. The van der Waals surface area contributed by atoms with Crippen molar-refractivity contribution in [1.82, 2.24) is 4.98 Å². The number of rotatable bonds is 2. The summed E-state index contributed by atoms with van der Waals surface area (Å²) in [6.07, 6.45) is -9.52. The molecule has 1 saturated heterocycles. The molecule has 0 radical (unpaired) electrons. The molecule has 182 valence electrons. The summed E-state index contributed by atoms with van der Waals surface area (Å²) in [4.78, 5) is 31.7. The van der Waals surface area contributed by atoms with Crippen molar-refractivity contribution < 1.29 is 44.8 Å². The number of carbonyl (C=O) groups is 2. The standard InChI is InChI=1S/C21H18ClF4N3O5/c1-9-7-10(21(24,25)26)8-13(27-9)29-15(16(30)17(31)20(29)33)19(32)28-5-2-6-34-18-12(28)4-3-11(23)14(18)22/h3-4,7-8,15-17,30-31H,2,5-6H2,1H3/t15-,16-,17-/m0/s1/i6D2. The molecule has 1 aromatic carbocycles. The van der Waals surface area contributed by atoms with Gasteiger partial charge in [0.15, 0.2) is 11.9 Å². The molecule has 0 saturated carbocycles. The summed E-state index contributed by atoms with van der Waals surface area (Å²) in [5, 5.41) is 20.2. The second-order valence-electron chi connectivity index (χ2n) is 7.64. The first kappa shape index (κ1) is 21.6. The lowest BCUT2D eigenvalue weighted by molar-refractivity contribution is -0.137. The Bertz CT molecular complexity index is 1250. The van der Waals surface area contributed by atoms with Crippen LogP contribution in [0.1, 0.15) is 20.4 Å². The number of hydrogen-bond donors (Lipinski definition) is 2. The molecule has 0 bridgehead atoms. The third-order valence-electron chi connectivity index (χ3n) is 5.38. The summed E-state index contributed by atoms with van der Waals surface area (Å²) in [5.74, 6) is -4.52. The molecule has 2 amide bonds. The monoisotopic (exact) mass is 505 g/mol. The molecule has 2 aliphatic heterocycles. The van der Waals surface area contributed by atoms with Gasteiger partial charge in [-0.05, 0) is 37.6 Å². The highest BCUT2D eigenvalue weighted by Crippen LogP contribution is 2.41. The molecular formula is C21H18ClF4N3O5. The maximum Gasteiger partial charge on any atom is 0.416 e. The zero-order valence-corrected chi connectivity index (χ0v) is 18.1. The summed E-state index contributed by atoms with van der Waals surface area (Å²) in [6.45, 7) is -1.58. The molecule has 8 nitrogen and oxygen atoms in total. The van der Waals surface area contributed by atoms with Crippen LogP contribution in [-0.4, -0.2) is 58.4 Å². The number of fused-ring (bicyclic) bond motifs is 1. The van der Waals surface area contributed by atoms with Crippen molar-refractivity contribution in [3.8, 4) is 5.75 Å². The van der Waals surface area contributed by atoms with Crippen LogP contribution < -0.4 is 14.5 Å². The fourth-order valence-corrected chi connectivity index (χ4v) is 4.02. The van der Waals surface area contributed by atoms with E-state index in [4.69, 9.17) is 19.1 Å². The average Bonchev–Trinajstić information content (AvgIpc) is 2.91. The Balaban J connectivity index is 1.83. The Kier molecular flexibility index (Phi) is 5.50. The number of nitrogens with zero attached hydrogens (tertiary/aromatic N) is 3. The Labute approximate surface area is 198 Å². The maximum atomic E-state index is 14.1. The minimum Gasteiger partial charge on any atom is -0.490 e. The fourth-order valence-electron chi connectivity index (χ4n) is 3.82. The Morgan fingerprint density at radius 3 is 2.71 bits per heavy atom. The van der Waals surface area contributed by atoms with E-state index in [-0.39, 0.29) is 11.4 Å². The lowest BCUT2D eigenvalue weighted by atomic mass is 10.1. The molecule has 1 aromatic heterocycles. The van der Waals surface area contributed by atoms with Gasteiger partial charge in [0.25, 0.3) is 11.8 Å². The summed E-state index contributed by atoms with van der Waals surface area (Å²) in [6, 6.07) is 1.21. The number of aryl methyl sites for hydroxylation is 1. The second-order valence-corrected chi connectivity index (χ2v) is 8.02. The summed E-state index contributed by atoms with van der Waals surface area (Å²) < 4.78 is 75.3. The number of hydrogen-bond acceptors (Lipinski definition) is 6. The maximum absolute atomic E-state index is 14.1. The van der Waals surface area contributed by atoms with Crippen LogP contribution in [0.4, 0.5) is 29.1 Å². The minimum atomic E-state index is -4.82. The number of halogens is 5. The van der Waals surface area contributed by atoms with E-state index in [1.165, 1.54) is 6.92 Å². The topological polar surface area (TPSA) is 103 Å². The van der Waals surface area contributed by atoms with Gasteiger partial charge in [-0.3, -0.25) is 14.5 Å². The molecule has 34 heavy (non-hydrogen) atoms. The van der Waals surface area contributed by atoms with Gasteiger partial charge >= 0.3 is 6.18 Å². The van der Waals surface area contributed by atoms with E-state index in [0.717, 1.165) is 23.1 Å². The van der Waals surface area contributed by atoms with E-state index >= 15 is 0 Å². The molecule has 0 aliphatic carbocycles. The molecule has 3 heterocycles. The quantitative estimate of drug-likeness (QED) is 0.608. The van der Waals surface area contributed by atoms with Crippen molar-refractivity contribution >= 4 is 34.9 Å². The SMILES string of the molecule is [2H]C1([2H])CCN(C(=O)[C@@H]2[C@H](O)[C@H](O)C(=O)N2c2cc(C(F)(F)F)cc(C)n2)c2ccc(F)c(Cl)c2O1. The van der Waals surface area contributed by atoms with Crippen molar-refractivity contribution in [3.63, 3.8) is 0 Å². The smallest absolute Gasteiger partial charge is 0.416 e. The number of carbonyl (C=O) groups excluding carboxylic acids is 2. The van der Waals surface area contributed by atoms with Gasteiger partial charge in [-0.1, -0.05) is 11.6 Å². The number of anilines is 2. The van der Waals surface area contributed by atoms with Crippen molar-refractivity contribution in [2.24, 2.45) is 0 Å². The molecule has 2 aromatic rings. The van der Waals surface area contributed by atoms with Crippen molar-refractivity contribution in [3.05, 3.63) is 46.4 Å². The largest absolute Gasteiger partial charge is 0.490 e. The number of amides is 2. The van der Waals surface area contributed by atoms with Crippen LogP contribution in [0.25, 0.3) is 0 Å². The summed E-state index contributed by atoms with van der Waals surface area (Å²) >= 11 is 5.94. The van der Waals surface area contributed by atoms with E-state index in [1.807, 2.05) is 0 Å². The van der Waals surface area contributed by atoms with Crippen molar-refractivity contribution in [1.29, 1.82) is 0 Å². The highest BCUT2D eigenvalue weighted by Gasteiger charge is 2.53. The van der Waals surface area contributed by atoms with E-state index in [2.05, 4.69) is 4.98 Å². The van der Waals surface area contributed by atoms with Gasteiger partial charge in [0.05, 0.1) is 20.6 Å². The van der Waals surface area contributed by atoms with Crippen LogP contribution in [0.3, 0.4) is 0 Å². The molecule has 0 spiro atoms. The fraction of sp³-hybridized carbons (Fsp3) is 0.381. The Morgan fingerprint density at radius 2 is 2.03 bits per heavy atom. The highest BCUT2D eigenvalue weighted by atomic mass is 35.5. The number of aliphatic hydroxyl groups excluding tert-OH is 2. The summed E-state index contributed by atoms with van der Waals surface area (Å²) in [5.41, 5.74) is -1.54. The molecule has 13 heteroatoms. The van der Waals surface area contributed by atoms with Crippen molar-refractivity contribution in [2.75, 3.05) is 22.9 Å². The van der Waals surface area contributed by atoms with Crippen LogP contribution >= 0.6 is 11.6 Å². The van der Waals surface area contributed by atoms with Gasteiger partial charge in [-0.15, -0.1) is 0 Å². The van der Waals surface area contributed by atoms with Gasteiger partial charge in [0.1, 0.15) is 28.8 Å².